The van der Waals surface area contributed by atoms with E-state index in [4.69, 9.17) is 0 Å². The van der Waals surface area contributed by atoms with E-state index in [1.807, 2.05) is 0 Å². The summed E-state index contributed by atoms with van der Waals surface area (Å²) in [4.78, 5) is 15.2. The molecule has 2 aliphatic heterocycles. The number of piperidine rings is 1. The molecule has 1 amide bonds. The van der Waals surface area contributed by atoms with E-state index in [1.165, 1.54) is 12.1 Å². The Morgan fingerprint density at radius 3 is 2.41 bits per heavy atom. The van der Waals surface area contributed by atoms with Gasteiger partial charge in [-0.15, -0.1) is 0 Å². The van der Waals surface area contributed by atoms with E-state index in [0.717, 1.165) is 17.5 Å². The Morgan fingerprint density at radius 2 is 1.80 bits per heavy atom. The van der Waals surface area contributed by atoms with E-state index in [2.05, 4.69) is 21.9 Å². The first kappa shape index (κ1) is 34.0. The fourth-order valence-corrected chi connectivity index (χ4v) is 6.18. The lowest BCUT2D eigenvalue weighted by Crippen LogP contribution is -2.46. The molecule has 2 aromatic rings. The second-order valence-electron chi connectivity index (χ2n) is 11.4. The number of sulfonamides is 1. The summed E-state index contributed by atoms with van der Waals surface area (Å²) in [5.74, 6) is -5.60. The standard InChI is InChI=1S/C30H37F5N4O4S/c1-2-44(42,43)38-17-21-11-14-39(19-21)28(41)23-7-5-22(6-8-23)26(15-25-18-36-13-12-29(25,31)32)27(40)37-16-20-3-9-24(10-4-20)30(33,34)35/h2-10,21,25-26,28,36,38,41H,1,11-19H2,(H,37,40). The maximum absolute atomic E-state index is 14.8. The molecule has 4 unspecified atom stereocenters. The normalized spacial score (nSPS) is 22.3. The van der Waals surface area contributed by atoms with Crippen molar-refractivity contribution in [3.8, 4) is 0 Å². The molecule has 0 radical (unpaired) electrons. The number of nitrogens with zero attached hydrogens (tertiary/aromatic N) is 1. The van der Waals surface area contributed by atoms with E-state index >= 15 is 0 Å². The van der Waals surface area contributed by atoms with Crippen LogP contribution in [0.2, 0.25) is 0 Å². The Hall–Kier alpha value is -2.91. The number of halogens is 5. The quantitative estimate of drug-likeness (QED) is 0.259. The first-order valence-corrected chi connectivity index (χ1v) is 15.9. The molecule has 44 heavy (non-hydrogen) atoms. The first-order chi connectivity index (χ1) is 20.7. The number of aliphatic hydroxyl groups is 1. The lowest BCUT2D eigenvalue weighted by Gasteiger charge is -2.34. The molecular formula is C30H37F5N4O4S. The molecule has 4 rings (SSSR count). The second-order valence-corrected chi connectivity index (χ2v) is 13.1. The Kier molecular flexibility index (Phi) is 10.8. The van der Waals surface area contributed by atoms with Crippen molar-refractivity contribution < 1.29 is 40.3 Å². The van der Waals surface area contributed by atoms with Crippen LogP contribution < -0.4 is 15.4 Å². The van der Waals surface area contributed by atoms with Crippen molar-refractivity contribution in [1.29, 1.82) is 0 Å². The van der Waals surface area contributed by atoms with Crippen LogP contribution in [0.1, 0.15) is 53.7 Å². The third-order valence-electron chi connectivity index (χ3n) is 8.30. The van der Waals surface area contributed by atoms with E-state index in [-0.39, 0.29) is 44.9 Å². The van der Waals surface area contributed by atoms with Gasteiger partial charge in [0.05, 0.1) is 11.5 Å². The van der Waals surface area contributed by atoms with Gasteiger partial charge < -0.3 is 15.7 Å². The number of benzene rings is 2. The summed E-state index contributed by atoms with van der Waals surface area (Å²) < 4.78 is 94.0. The van der Waals surface area contributed by atoms with Crippen LogP contribution in [0.25, 0.3) is 0 Å². The van der Waals surface area contributed by atoms with Crippen LogP contribution in [0, 0.1) is 11.8 Å². The minimum Gasteiger partial charge on any atom is -0.374 e. The molecule has 8 nitrogen and oxygen atoms in total. The van der Waals surface area contributed by atoms with Crippen molar-refractivity contribution in [2.24, 2.45) is 11.8 Å². The number of aliphatic hydroxyl groups excluding tert-OH is 1. The van der Waals surface area contributed by atoms with Crippen LogP contribution in [-0.2, 0) is 27.5 Å². The third-order valence-corrected chi connectivity index (χ3v) is 9.31. The summed E-state index contributed by atoms with van der Waals surface area (Å²) >= 11 is 0. The number of carbonyl (C=O) groups is 1. The molecule has 14 heteroatoms. The molecule has 0 aliphatic carbocycles. The number of amides is 1. The van der Waals surface area contributed by atoms with Crippen LogP contribution in [-0.4, -0.2) is 63.0 Å². The van der Waals surface area contributed by atoms with E-state index < -0.39 is 51.7 Å². The fourth-order valence-electron chi connectivity index (χ4n) is 5.60. The molecule has 242 valence electrons. The Balaban J connectivity index is 1.45. The molecule has 0 spiro atoms. The number of hydrogen-bond donors (Lipinski definition) is 4. The van der Waals surface area contributed by atoms with Gasteiger partial charge in [-0.1, -0.05) is 43.0 Å². The fraction of sp³-hybridized carbons (Fsp3) is 0.500. The number of nitrogens with one attached hydrogen (secondary N) is 3. The summed E-state index contributed by atoms with van der Waals surface area (Å²) in [5.41, 5.74) is 0.594. The van der Waals surface area contributed by atoms with Gasteiger partial charge in [0.1, 0.15) is 6.23 Å². The molecule has 4 N–H and O–H groups in total. The van der Waals surface area contributed by atoms with Crippen molar-refractivity contribution in [3.05, 3.63) is 82.8 Å². The second kappa shape index (κ2) is 14.0. The van der Waals surface area contributed by atoms with Crippen LogP contribution in [0.5, 0.6) is 0 Å². The van der Waals surface area contributed by atoms with Crippen molar-refractivity contribution in [2.75, 3.05) is 32.7 Å². The molecule has 2 saturated heterocycles. The summed E-state index contributed by atoms with van der Waals surface area (Å²) in [6.45, 7) is 4.57. The van der Waals surface area contributed by atoms with Gasteiger partial charge >= 0.3 is 6.18 Å². The molecule has 4 atom stereocenters. The largest absolute Gasteiger partial charge is 0.416 e. The van der Waals surface area contributed by atoms with Crippen LogP contribution in [0.4, 0.5) is 22.0 Å². The summed E-state index contributed by atoms with van der Waals surface area (Å²) in [7, 11) is -3.55. The first-order valence-electron chi connectivity index (χ1n) is 14.3. The average Bonchev–Trinajstić information content (AvgIpc) is 3.47. The topological polar surface area (TPSA) is 111 Å². The third kappa shape index (κ3) is 8.84. The monoisotopic (exact) mass is 644 g/mol. The Morgan fingerprint density at radius 1 is 1.14 bits per heavy atom. The highest BCUT2D eigenvalue weighted by molar-refractivity contribution is 7.92. The number of alkyl halides is 5. The number of likely N-dealkylation sites (tertiary alicyclic amines) is 1. The highest BCUT2D eigenvalue weighted by atomic mass is 32.2. The number of carbonyl (C=O) groups excluding carboxylic acids is 1. The number of hydrogen-bond acceptors (Lipinski definition) is 6. The zero-order valence-corrected chi connectivity index (χ0v) is 24.8. The zero-order valence-electron chi connectivity index (χ0n) is 24.0. The maximum atomic E-state index is 14.8. The zero-order chi connectivity index (χ0) is 32.1. The van der Waals surface area contributed by atoms with Gasteiger partial charge in [-0.05, 0) is 47.6 Å². The Bertz CT molecular complexity index is 1390. The Labute approximate surface area is 253 Å². The van der Waals surface area contributed by atoms with Gasteiger partial charge in [-0.25, -0.2) is 21.9 Å². The average molecular weight is 645 g/mol. The van der Waals surface area contributed by atoms with Gasteiger partial charge in [0.2, 0.25) is 15.9 Å². The molecule has 2 heterocycles. The van der Waals surface area contributed by atoms with Gasteiger partial charge in [-0.2, -0.15) is 13.2 Å². The predicted molar refractivity (Wildman–Crippen MR) is 155 cm³/mol. The summed E-state index contributed by atoms with van der Waals surface area (Å²) in [6, 6.07) is 10.8. The lowest BCUT2D eigenvalue weighted by molar-refractivity contribution is -0.137. The highest BCUT2D eigenvalue weighted by Gasteiger charge is 2.43. The molecule has 0 bridgehead atoms. The highest BCUT2D eigenvalue weighted by Crippen LogP contribution is 2.38. The van der Waals surface area contributed by atoms with E-state index in [1.54, 1.807) is 29.2 Å². The van der Waals surface area contributed by atoms with Gasteiger partial charge in [0, 0.05) is 57.0 Å². The molecule has 2 aliphatic rings. The smallest absolute Gasteiger partial charge is 0.374 e. The SMILES string of the molecule is C=CS(=O)(=O)NCC1CCN(C(O)c2ccc(C(CC3CNCCC3(F)F)C(=O)NCc3ccc(C(F)(F)F)cc3)cc2)C1. The van der Waals surface area contributed by atoms with E-state index in [9.17, 15) is 40.3 Å². The molecule has 0 saturated carbocycles. The van der Waals surface area contributed by atoms with E-state index in [0.29, 0.717) is 36.2 Å². The lowest BCUT2D eigenvalue weighted by atomic mass is 9.82. The number of rotatable bonds is 12. The maximum Gasteiger partial charge on any atom is 0.416 e. The predicted octanol–water partition coefficient (Wildman–Crippen LogP) is 4.12. The van der Waals surface area contributed by atoms with Crippen molar-refractivity contribution in [2.45, 2.75) is 50.1 Å². The van der Waals surface area contributed by atoms with Gasteiger partial charge in [0.25, 0.3) is 5.92 Å². The molecule has 2 aromatic carbocycles. The molecular weight excluding hydrogens is 607 g/mol. The van der Waals surface area contributed by atoms with Crippen molar-refractivity contribution in [1.82, 2.24) is 20.3 Å². The summed E-state index contributed by atoms with van der Waals surface area (Å²) in [5, 5.41) is 17.5. The van der Waals surface area contributed by atoms with Crippen LogP contribution >= 0.6 is 0 Å². The molecule has 0 aromatic heterocycles. The van der Waals surface area contributed by atoms with Crippen LogP contribution in [0.3, 0.4) is 0 Å². The van der Waals surface area contributed by atoms with Crippen molar-refractivity contribution >= 4 is 15.9 Å². The van der Waals surface area contributed by atoms with Gasteiger partial charge in [0.15, 0.2) is 0 Å². The summed E-state index contributed by atoms with van der Waals surface area (Å²) in [6.07, 6.45) is -5.33. The van der Waals surface area contributed by atoms with Crippen LogP contribution in [0.15, 0.2) is 60.5 Å². The minimum absolute atomic E-state index is 0.0119. The van der Waals surface area contributed by atoms with Crippen molar-refractivity contribution in [3.63, 3.8) is 0 Å². The van der Waals surface area contributed by atoms with Gasteiger partial charge in [-0.3, -0.25) is 9.69 Å². The molecule has 2 fully saturated rings. The minimum atomic E-state index is -4.49.